The van der Waals surface area contributed by atoms with E-state index in [4.69, 9.17) is 0 Å². The van der Waals surface area contributed by atoms with Crippen LogP contribution in [0.2, 0.25) is 0 Å². The van der Waals surface area contributed by atoms with Crippen LogP contribution in [-0.2, 0) is 6.54 Å². The molecule has 0 aliphatic carbocycles. The summed E-state index contributed by atoms with van der Waals surface area (Å²) in [6, 6.07) is 12.0. The van der Waals surface area contributed by atoms with Crippen LogP contribution in [0.3, 0.4) is 0 Å². The Bertz CT molecular complexity index is 1180. The molecule has 0 aliphatic rings. The second kappa shape index (κ2) is 7.83. The first kappa shape index (κ1) is 19.0. The SMILES string of the molecule is CC(=O)c1cccc(NC(=O)c2c[nH]c(=O)n(Cc3ccccc3F)c2=O)c1. The number of nitrogens with one attached hydrogen (secondary N) is 2. The number of anilines is 1. The molecule has 3 aromatic rings. The van der Waals surface area contributed by atoms with Gasteiger partial charge in [-0.15, -0.1) is 0 Å². The number of aromatic nitrogens is 2. The molecule has 1 heterocycles. The molecule has 142 valence electrons. The van der Waals surface area contributed by atoms with Crippen LogP contribution in [0.4, 0.5) is 10.1 Å². The highest BCUT2D eigenvalue weighted by atomic mass is 19.1. The van der Waals surface area contributed by atoms with Crippen molar-refractivity contribution in [2.45, 2.75) is 13.5 Å². The van der Waals surface area contributed by atoms with Gasteiger partial charge in [0.2, 0.25) is 0 Å². The minimum atomic E-state index is -0.854. The van der Waals surface area contributed by atoms with Crippen LogP contribution < -0.4 is 16.6 Å². The predicted molar refractivity (Wildman–Crippen MR) is 101 cm³/mol. The van der Waals surface area contributed by atoms with Gasteiger partial charge in [0.1, 0.15) is 11.4 Å². The molecule has 2 N–H and O–H groups in total. The van der Waals surface area contributed by atoms with Crippen molar-refractivity contribution in [3.05, 3.63) is 98.1 Å². The van der Waals surface area contributed by atoms with Crippen molar-refractivity contribution < 1.29 is 14.0 Å². The lowest BCUT2D eigenvalue weighted by molar-refractivity contribution is 0.101. The molecule has 0 saturated carbocycles. The molecular formula is C20H16FN3O4. The van der Waals surface area contributed by atoms with E-state index in [0.717, 1.165) is 10.8 Å². The van der Waals surface area contributed by atoms with Crippen molar-refractivity contribution in [2.24, 2.45) is 0 Å². The molecule has 0 aliphatic heterocycles. The van der Waals surface area contributed by atoms with E-state index in [0.29, 0.717) is 11.3 Å². The zero-order valence-electron chi connectivity index (χ0n) is 14.9. The number of rotatable bonds is 5. The van der Waals surface area contributed by atoms with Crippen molar-refractivity contribution >= 4 is 17.4 Å². The highest BCUT2D eigenvalue weighted by molar-refractivity contribution is 6.04. The molecule has 1 aromatic heterocycles. The molecule has 7 nitrogen and oxygen atoms in total. The number of ketones is 1. The van der Waals surface area contributed by atoms with E-state index >= 15 is 0 Å². The Balaban J connectivity index is 1.93. The number of carbonyl (C=O) groups is 2. The van der Waals surface area contributed by atoms with Crippen molar-refractivity contribution in [2.75, 3.05) is 5.32 Å². The number of benzene rings is 2. The highest BCUT2D eigenvalue weighted by Crippen LogP contribution is 2.12. The molecule has 0 bridgehead atoms. The molecule has 0 atom stereocenters. The van der Waals surface area contributed by atoms with Gasteiger partial charge < -0.3 is 10.3 Å². The fourth-order valence-electron chi connectivity index (χ4n) is 2.63. The molecular weight excluding hydrogens is 365 g/mol. The Morgan fingerprint density at radius 2 is 1.86 bits per heavy atom. The van der Waals surface area contributed by atoms with Gasteiger partial charge in [0, 0.05) is 23.0 Å². The van der Waals surface area contributed by atoms with Crippen molar-refractivity contribution in [3.63, 3.8) is 0 Å². The minimum absolute atomic E-state index is 0.141. The van der Waals surface area contributed by atoms with E-state index in [1.807, 2.05) is 0 Å². The molecule has 2 aromatic carbocycles. The number of halogens is 1. The molecule has 0 spiro atoms. The first-order valence-corrected chi connectivity index (χ1v) is 8.35. The summed E-state index contributed by atoms with van der Waals surface area (Å²) in [4.78, 5) is 50.9. The van der Waals surface area contributed by atoms with Gasteiger partial charge in [-0.3, -0.25) is 19.0 Å². The third kappa shape index (κ3) is 3.96. The van der Waals surface area contributed by atoms with Gasteiger partial charge in [0.25, 0.3) is 11.5 Å². The molecule has 1 amide bonds. The van der Waals surface area contributed by atoms with Gasteiger partial charge in [0.05, 0.1) is 6.54 Å². The van der Waals surface area contributed by atoms with E-state index in [2.05, 4.69) is 10.3 Å². The Labute approximate surface area is 158 Å². The predicted octanol–water partition coefficient (Wildman–Crippen LogP) is 2.18. The van der Waals surface area contributed by atoms with Crippen molar-refractivity contribution in [1.82, 2.24) is 9.55 Å². The van der Waals surface area contributed by atoms with E-state index < -0.39 is 23.0 Å². The monoisotopic (exact) mass is 381 g/mol. The number of amides is 1. The van der Waals surface area contributed by atoms with Crippen LogP contribution >= 0.6 is 0 Å². The Morgan fingerprint density at radius 1 is 1.11 bits per heavy atom. The third-order valence-corrected chi connectivity index (χ3v) is 4.12. The van der Waals surface area contributed by atoms with Crippen LogP contribution in [-0.4, -0.2) is 21.2 Å². The summed E-state index contributed by atoms with van der Waals surface area (Å²) in [5.41, 5.74) is -1.07. The number of aromatic amines is 1. The number of Topliss-reactive ketones (excluding diaryl/α,β-unsaturated/α-hetero) is 1. The Hall–Kier alpha value is -3.81. The van der Waals surface area contributed by atoms with Crippen LogP contribution in [0.25, 0.3) is 0 Å². The summed E-state index contributed by atoms with van der Waals surface area (Å²) in [7, 11) is 0. The maximum Gasteiger partial charge on any atom is 0.328 e. The number of carbonyl (C=O) groups excluding carboxylic acids is 2. The van der Waals surface area contributed by atoms with Crippen LogP contribution in [0.1, 0.15) is 33.2 Å². The zero-order chi connectivity index (χ0) is 20.3. The lowest BCUT2D eigenvalue weighted by Crippen LogP contribution is -2.39. The van der Waals surface area contributed by atoms with Gasteiger partial charge >= 0.3 is 5.69 Å². The molecule has 0 unspecified atom stereocenters. The normalized spacial score (nSPS) is 10.5. The average Bonchev–Trinajstić information content (AvgIpc) is 2.66. The molecule has 28 heavy (non-hydrogen) atoms. The van der Waals surface area contributed by atoms with E-state index in [-0.39, 0.29) is 23.5 Å². The molecule has 0 radical (unpaired) electrons. The fourth-order valence-corrected chi connectivity index (χ4v) is 2.63. The second-order valence-corrected chi connectivity index (χ2v) is 6.08. The van der Waals surface area contributed by atoms with Crippen LogP contribution in [0.5, 0.6) is 0 Å². The van der Waals surface area contributed by atoms with Gasteiger partial charge in [-0.05, 0) is 25.1 Å². The van der Waals surface area contributed by atoms with Gasteiger partial charge in [-0.25, -0.2) is 9.18 Å². The first-order valence-electron chi connectivity index (χ1n) is 8.35. The van der Waals surface area contributed by atoms with Crippen molar-refractivity contribution in [3.8, 4) is 0 Å². The number of nitrogens with zero attached hydrogens (tertiary/aromatic N) is 1. The smallest absolute Gasteiger partial charge is 0.322 e. The summed E-state index contributed by atoms with van der Waals surface area (Å²) in [6.07, 6.45) is 1.01. The largest absolute Gasteiger partial charge is 0.328 e. The lowest BCUT2D eigenvalue weighted by Gasteiger charge is -2.09. The molecule has 0 fully saturated rings. The van der Waals surface area contributed by atoms with Gasteiger partial charge in [-0.2, -0.15) is 0 Å². The van der Waals surface area contributed by atoms with E-state index in [1.165, 1.54) is 31.2 Å². The number of H-pyrrole nitrogens is 1. The molecule has 0 saturated heterocycles. The van der Waals surface area contributed by atoms with Gasteiger partial charge in [0.15, 0.2) is 5.78 Å². The second-order valence-electron chi connectivity index (χ2n) is 6.08. The highest BCUT2D eigenvalue weighted by Gasteiger charge is 2.16. The summed E-state index contributed by atoms with van der Waals surface area (Å²) < 4.78 is 14.6. The van der Waals surface area contributed by atoms with E-state index in [1.54, 1.807) is 24.3 Å². The van der Waals surface area contributed by atoms with E-state index in [9.17, 15) is 23.6 Å². The Morgan fingerprint density at radius 3 is 2.57 bits per heavy atom. The summed E-state index contributed by atoms with van der Waals surface area (Å²) >= 11 is 0. The maximum atomic E-state index is 13.9. The standard InChI is InChI=1S/C20H16FN3O4/c1-12(25)13-6-4-7-15(9-13)23-18(26)16-10-22-20(28)24(19(16)27)11-14-5-2-3-8-17(14)21/h2-10H,11H2,1H3,(H,22,28)(H,23,26). The minimum Gasteiger partial charge on any atom is -0.322 e. The average molecular weight is 381 g/mol. The van der Waals surface area contributed by atoms with Crippen LogP contribution in [0, 0.1) is 5.82 Å². The number of hydrogen-bond donors (Lipinski definition) is 2. The number of hydrogen-bond acceptors (Lipinski definition) is 4. The Kier molecular flexibility index (Phi) is 5.30. The lowest BCUT2D eigenvalue weighted by atomic mass is 10.1. The van der Waals surface area contributed by atoms with Crippen molar-refractivity contribution in [1.29, 1.82) is 0 Å². The molecule has 3 rings (SSSR count). The third-order valence-electron chi connectivity index (χ3n) is 4.12. The fraction of sp³-hybridized carbons (Fsp3) is 0.100. The zero-order valence-corrected chi connectivity index (χ0v) is 14.9. The maximum absolute atomic E-state index is 13.9. The summed E-state index contributed by atoms with van der Waals surface area (Å²) in [6.45, 7) is 1.08. The van der Waals surface area contributed by atoms with Crippen LogP contribution in [0.15, 0.2) is 64.3 Å². The first-order chi connectivity index (χ1) is 13.4. The quantitative estimate of drug-likeness (QED) is 0.662. The topological polar surface area (TPSA) is 101 Å². The molecule has 8 heteroatoms. The summed E-state index contributed by atoms with van der Waals surface area (Å²) in [5.74, 6) is -1.50. The van der Waals surface area contributed by atoms with Gasteiger partial charge in [-0.1, -0.05) is 30.3 Å². The summed E-state index contributed by atoms with van der Waals surface area (Å²) in [5, 5.41) is 2.52.